The van der Waals surface area contributed by atoms with Crippen LogP contribution in [0.25, 0.3) is 0 Å². The van der Waals surface area contributed by atoms with E-state index in [1.165, 1.54) is 18.2 Å². The van der Waals surface area contributed by atoms with Gasteiger partial charge in [-0.2, -0.15) is 0 Å². The fourth-order valence-corrected chi connectivity index (χ4v) is 3.29. The summed E-state index contributed by atoms with van der Waals surface area (Å²) in [6.45, 7) is 4.73. The molecule has 0 heterocycles. The first-order valence-electron chi connectivity index (χ1n) is 8.49. The van der Waals surface area contributed by atoms with Gasteiger partial charge in [0.05, 0.1) is 22.2 Å². The molecule has 8 heteroatoms. The van der Waals surface area contributed by atoms with Gasteiger partial charge in [-0.25, -0.2) is 8.42 Å². The summed E-state index contributed by atoms with van der Waals surface area (Å²) >= 11 is 6.07. The maximum absolute atomic E-state index is 12.3. The molecule has 28 heavy (non-hydrogen) atoms. The number of benzene rings is 2. The summed E-state index contributed by atoms with van der Waals surface area (Å²) in [6, 6.07) is 11.8. The third kappa shape index (κ3) is 6.67. The molecular weight excluding hydrogens is 400 g/mol. The number of nitrogens with zero attached hydrogens (tertiary/aromatic N) is 1. The van der Waals surface area contributed by atoms with Crippen molar-refractivity contribution >= 4 is 33.0 Å². The van der Waals surface area contributed by atoms with Gasteiger partial charge in [0.25, 0.3) is 0 Å². The molecule has 0 fully saturated rings. The van der Waals surface area contributed by atoms with E-state index in [0.717, 1.165) is 17.6 Å². The van der Waals surface area contributed by atoms with Gasteiger partial charge in [-0.15, -0.1) is 0 Å². The summed E-state index contributed by atoms with van der Waals surface area (Å²) in [6.07, 6.45) is 2.78. The summed E-state index contributed by atoms with van der Waals surface area (Å²) in [5, 5.41) is 2.94. The topological polar surface area (TPSA) is 75.7 Å². The van der Waals surface area contributed by atoms with Crippen molar-refractivity contribution in [1.82, 2.24) is 4.90 Å². The van der Waals surface area contributed by atoms with Crippen LogP contribution in [0.15, 0.2) is 60.0 Å². The van der Waals surface area contributed by atoms with Crippen molar-refractivity contribution in [3.05, 3.63) is 65.7 Å². The Morgan fingerprint density at radius 2 is 1.93 bits per heavy atom. The molecule has 0 aliphatic heterocycles. The van der Waals surface area contributed by atoms with Crippen molar-refractivity contribution in [3.63, 3.8) is 0 Å². The summed E-state index contributed by atoms with van der Waals surface area (Å²) in [7, 11) is -1.57. The van der Waals surface area contributed by atoms with Crippen molar-refractivity contribution in [2.45, 2.75) is 11.4 Å². The molecule has 2 aromatic rings. The lowest BCUT2D eigenvalue weighted by Crippen LogP contribution is -2.30. The van der Waals surface area contributed by atoms with E-state index in [1.807, 2.05) is 36.2 Å². The van der Waals surface area contributed by atoms with Crippen molar-refractivity contribution < 1.29 is 17.9 Å². The molecule has 0 aliphatic carbocycles. The highest BCUT2D eigenvalue weighted by atomic mass is 35.5. The van der Waals surface area contributed by atoms with Crippen LogP contribution in [-0.4, -0.2) is 45.7 Å². The van der Waals surface area contributed by atoms with Crippen molar-refractivity contribution in [2.24, 2.45) is 0 Å². The number of halogens is 1. The van der Waals surface area contributed by atoms with Crippen LogP contribution in [-0.2, 0) is 21.2 Å². The zero-order chi connectivity index (χ0) is 20.7. The van der Waals surface area contributed by atoms with Gasteiger partial charge in [0.2, 0.25) is 5.91 Å². The number of likely N-dealkylation sites (N-methyl/N-ethyl adjacent to an activating group) is 1. The number of nitrogens with one attached hydrogen (secondary N) is 1. The van der Waals surface area contributed by atoms with E-state index in [4.69, 9.17) is 16.3 Å². The molecule has 2 aromatic carbocycles. The fourth-order valence-electron chi connectivity index (χ4n) is 2.48. The summed E-state index contributed by atoms with van der Waals surface area (Å²) < 4.78 is 28.8. The molecule has 1 amide bonds. The zero-order valence-corrected chi connectivity index (χ0v) is 17.4. The van der Waals surface area contributed by atoms with Gasteiger partial charge in [-0.05, 0) is 42.9 Å². The molecule has 2 rings (SSSR count). The highest BCUT2D eigenvalue weighted by Crippen LogP contribution is 2.25. The minimum Gasteiger partial charge on any atom is -0.490 e. The number of carbonyl (C=O) groups is 1. The van der Waals surface area contributed by atoms with Gasteiger partial charge >= 0.3 is 0 Å². The molecule has 0 unspecified atom stereocenters. The monoisotopic (exact) mass is 422 g/mol. The van der Waals surface area contributed by atoms with E-state index in [1.54, 1.807) is 6.08 Å². The molecule has 1 N–H and O–H groups in total. The lowest BCUT2D eigenvalue weighted by Gasteiger charge is -2.17. The molecule has 0 saturated carbocycles. The number of rotatable bonds is 9. The Hall–Kier alpha value is -2.35. The molecule has 0 saturated heterocycles. The standard InChI is InChI=1S/C20H23ClN2O4S/c1-4-11-27-16-7-5-15(6-8-16)13-23(2)14-20(24)22-19-12-17(28(3,25)26)9-10-18(19)21/h4-10,12H,1,11,13-14H2,2-3H3,(H,22,24). The first kappa shape index (κ1) is 21.9. The van der Waals surface area contributed by atoms with Crippen molar-refractivity contribution in [1.29, 1.82) is 0 Å². The third-order valence-corrected chi connectivity index (χ3v) is 5.24. The van der Waals surface area contributed by atoms with Crippen LogP contribution < -0.4 is 10.1 Å². The summed E-state index contributed by atoms with van der Waals surface area (Å²) in [5.74, 6) is 0.463. The van der Waals surface area contributed by atoms with Crippen LogP contribution >= 0.6 is 11.6 Å². The first-order chi connectivity index (χ1) is 13.2. The second-order valence-electron chi connectivity index (χ2n) is 6.38. The Morgan fingerprint density at radius 3 is 2.54 bits per heavy atom. The van der Waals surface area contributed by atoms with E-state index in [0.29, 0.717) is 13.2 Å². The molecular formula is C20H23ClN2O4S. The zero-order valence-electron chi connectivity index (χ0n) is 15.8. The van der Waals surface area contributed by atoms with Gasteiger partial charge in [-0.1, -0.05) is 36.4 Å². The number of hydrogen-bond acceptors (Lipinski definition) is 5. The minimum absolute atomic E-state index is 0.0966. The van der Waals surface area contributed by atoms with Crippen LogP contribution in [0.4, 0.5) is 5.69 Å². The Morgan fingerprint density at radius 1 is 1.25 bits per heavy atom. The average molecular weight is 423 g/mol. The fraction of sp³-hybridized carbons (Fsp3) is 0.250. The van der Waals surface area contributed by atoms with E-state index >= 15 is 0 Å². The first-order valence-corrected chi connectivity index (χ1v) is 10.8. The molecule has 0 aliphatic rings. The molecule has 6 nitrogen and oxygen atoms in total. The van der Waals surface area contributed by atoms with Crippen LogP contribution in [0.3, 0.4) is 0 Å². The summed E-state index contributed by atoms with van der Waals surface area (Å²) in [5.41, 5.74) is 1.30. The van der Waals surface area contributed by atoms with E-state index in [-0.39, 0.29) is 28.1 Å². The minimum atomic E-state index is -3.39. The molecule has 0 aromatic heterocycles. The van der Waals surface area contributed by atoms with Crippen molar-refractivity contribution in [3.8, 4) is 5.75 Å². The number of ether oxygens (including phenoxy) is 1. The Balaban J connectivity index is 1.95. The predicted molar refractivity (Wildman–Crippen MR) is 112 cm³/mol. The van der Waals surface area contributed by atoms with Crippen LogP contribution in [0.2, 0.25) is 5.02 Å². The lowest BCUT2D eigenvalue weighted by molar-refractivity contribution is -0.117. The maximum Gasteiger partial charge on any atom is 0.238 e. The quantitative estimate of drug-likeness (QED) is 0.627. The molecule has 0 atom stereocenters. The second kappa shape index (κ2) is 9.73. The van der Waals surface area contributed by atoms with E-state index in [9.17, 15) is 13.2 Å². The second-order valence-corrected chi connectivity index (χ2v) is 8.80. The molecule has 0 spiro atoms. The van der Waals surface area contributed by atoms with E-state index < -0.39 is 9.84 Å². The predicted octanol–water partition coefficient (Wildman–Crippen LogP) is 3.38. The van der Waals surface area contributed by atoms with Crippen LogP contribution in [0, 0.1) is 0 Å². The van der Waals surface area contributed by atoms with Gasteiger partial charge in [-0.3, -0.25) is 9.69 Å². The van der Waals surface area contributed by atoms with Crippen LogP contribution in [0.5, 0.6) is 5.75 Å². The molecule has 150 valence electrons. The number of carbonyl (C=O) groups excluding carboxylic acids is 1. The largest absolute Gasteiger partial charge is 0.490 e. The molecule has 0 radical (unpaired) electrons. The van der Waals surface area contributed by atoms with Gasteiger partial charge in [0, 0.05) is 12.8 Å². The average Bonchev–Trinajstić information content (AvgIpc) is 2.62. The van der Waals surface area contributed by atoms with Gasteiger partial charge in [0.15, 0.2) is 9.84 Å². The van der Waals surface area contributed by atoms with Crippen LogP contribution in [0.1, 0.15) is 5.56 Å². The maximum atomic E-state index is 12.3. The highest BCUT2D eigenvalue weighted by Gasteiger charge is 2.13. The number of amides is 1. The lowest BCUT2D eigenvalue weighted by atomic mass is 10.2. The normalized spacial score (nSPS) is 11.3. The third-order valence-electron chi connectivity index (χ3n) is 3.80. The molecule has 0 bridgehead atoms. The Labute approximate surface area is 170 Å². The highest BCUT2D eigenvalue weighted by molar-refractivity contribution is 7.90. The summed E-state index contributed by atoms with van der Waals surface area (Å²) in [4.78, 5) is 14.2. The Kier molecular flexibility index (Phi) is 7.62. The van der Waals surface area contributed by atoms with E-state index in [2.05, 4.69) is 11.9 Å². The number of anilines is 1. The Bertz CT molecular complexity index is 943. The van der Waals surface area contributed by atoms with Crippen molar-refractivity contribution in [2.75, 3.05) is 31.8 Å². The smallest absolute Gasteiger partial charge is 0.238 e. The number of hydrogen-bond donors (Lipinski definition) is 1. The van der Waals surface area contributed by atoms with Gasteiger partial charge in [0.1, 0.15) is 12.4 Å². The SMILES string of the molecule is C=CCOc1ccc(CN(C)CC(=O)Nc2cc(S(C)(=O)=O)ccc2Cl)cc1. The number of sulfone groups is 1. The van der Waals surface area contributed by atoms with Gasteiger partial charge < -0.3 is 10.1 Å².